The fraction of sp³-hybridized carbons (Fsp3) is 0.571. The standard InChI is InChI=1S/C14H21ClN2O2S/c1-11-4-5-13(10-14(11)15)17-20(18,19)9-3-2-8-16-12-6-7-12/h4-5,10,12,16-17H,2-3,6-9H2,1H3. The normalized spacial score (nSPS) is 15.3. The van der Waals surface area contributed by atoms with Crippen LogP contribution in [0.25, 0.3) is 0 Å². The SMILES string of the molecule is Cc1ccc(NS(=O)(=O)CCCCNC2CC2)cc1Cl. The summed E-state index contributed by atoms with van der Waals surface area (Å²) in [5.74, 6) is 0.144. The van der Waals surface area contributed by atoms with Gasteiger partial charge in [-0.2, -0.15) is 0 Å². The summed E-state index contributed by atoms with van der Waals surface area (Å²) in [6.45, 7) is 2.78. The monoisotopic (exact) mass is 316 g/mol. The van der Waals surface area contributed by atoms with Gasteiger partial charge in [0.15, 0.2) is 0 Å². The third kappa shape index (κ3) is 5.31. The first-order chi connectivity index (χ1) is 9.46. The molecule has 2 rings (SSSR count). The molecule has 0 radical (unpaired) electrons. The lowest BCUT2D eigenvalue weighted by Crippen LogP contribution is -2.20. The number of aryl methyl sites for hydroxylation is 1. The van der Waals surface area contributed by atoms with Gasteiger partial charge in [-0.3, -0.25) is 4.72 Å². The Balaban J connectivity index is 1.75. The van der Waals surface area contributed by atoms with E-state index in [9.17, 15) is 8.42 Å². The Morgan fingerprint density at radius 1 is 1.30 bits per heavy atom. The second-order valence-corrected chi connectivity index (χ2v) is 7.57. The van der Waals surface area contributed by atoms with E-state index in [1.807, 2.05) is 6.92 Å². The van der Waals surface area contributed by atoms with E-state index in [1.54, 1.807) is 18.2 Å². The van der Waals surface area contributed by atoms with E-state index in [0.29, 0.717) is 23.2 Å². The van der Waals surface area contributed by atoms with Crippen LogP contribution in [0.5, 0.6) is 0 Å². The van der Waals surface area contributed by atoms with Crippen molar-refractivity contribution in [3.8, 4) is 0 Å². The van der Waals surface area contributed by atoms with Crippen LogP contribution in [0.4, 0.5) is 5.69 Å². The predicted molar refractivity (Wildman–Crippen MR) is 83.9 cm³/mol. The van der Waals surface area contributed by atoms with Crippen LogP contribution in [0.3, 0.4) is 0 Å². The molecule has 0 heterocycles. The Bertz CT molecular complexity index is 556. The molecule has 0 saturated heterocycles. The molecule has 2 N–H and O–H groups in total. The van der Waals surface area contributed by atoms with Gasteiger partial charge in [-0.15, -0.1) is 0 Å². The third-order valence-electron chi connectivity index (χ3n) is 3.30. The maximum absolute atomic E-state index is 11.9. The van der Waals surface area contributed by atoms with Gasteiger partial charge in [-0.25, -0.2) is 8.42 Å². The fourth-order valence-corrected chi connectivity index (χ4v) is 3.25. The quantitative estimate of drug-likeness (QED) is 0.725. The molecule has 0 spiro atoms. The molecule has 0 unspecified atom stereocenters. The molecule has 6 heteroatoms. The number of hydrogen-bond acceptors (Lipinski definition) is 3. The van der Waals surface area contributed by atoms with Gasteiger partial charge in [0.05, 0.1) is 5.75 Å². The number of halogens is 1. The molecule has 1 aromatic carbocycles. The van der Waals surface area contributed by atoms with Crippen LogP contribution >= 0.6 is 11.6 Å². The number of benzene rings is 1. The average molecular weight is 317 g/mol. The van der Waals surface area contributed by atoms with Crippen LogP contribution < -0.4 is 10.0 Å². The maximum Gasteiger partial charge on any atom is 0.232 e. The minimum atomic E-state index is -3.29. The zero-order chi connectivity index (χ0) is 14.6. The number of sulfonamides is 1. The van der Waals surface area contributed by atoms with E-state index < -0.39 is 10.0 Å². The zero-order valence-electron chi connectivity index (χ0n) is 11.7. The molecule has 20 heavy (non-hydrogen) atoms. The molecule has 112 valence electrons. The molecular formula is C14H21ClN2O2S. The lowest BCUT2D eigenvalue weighted by Gasteiger charge is -2.09. The van der Waals surface area contributed by atoms with Gasteiger partial charge in [-0.1, -0.05) is 17.7 Å². The van der Waals surface area contributed by atoms with Gasteiger partial charge in [0.1, 0.15) is 0 Å². The molecule has 0 bridgehead atoms. The second-order valence-electron chi connectivity index (χ2n) is 5.32. The third-order valence-corrected chi connectivity index (χ3v) is 5.08. The lowest BCUT2D eigenvalue weighted by atomic mass is 10.2. The van der Waals surface area contributed by atoms with E-state index in [0.717, 1.165) is 18.5 Å². The smallest absolute Gasteiger partial charge is 0.232 e. The lowest BCUT2D eigenvalue weighted by molar-refractivity contribution is 0.591. The topological polar surface area (TPSA) is 58.2 Å². The van der Waals surface area contributed by atoms with Crippen LogP contribution in [-0.2, 0) is 10.0 Å². The van der Waals surface area contributed by atoms with Crippen LogP contribution in [0.2, 0.25) is 5.02 Å². The average Bonchev–Trinajstić information content (AvgIpc) is 3.17. The predicted octanol–water partition coefficient (Wildman–Crippen LogP) is 2.92. The highest BCUT2D eigenvalue weighted by Gasteiger charge is 2.19. The van der Waals surface area contributed by atoms with Crippen molar-refractivity contribution < 1.29 is 8.42 Å². The van der Waals surface area contributed by atoms with Gasteiger partial charge in [0.25, 0.3) is 0 Å². The van der Waals surface area contributed by atoms with E-state index in [1.165, 1.54) is 12.8 Å². The Morgan fingerprint density at radius 2 is 2.05 bits per heavy atom. The Morgan fingerprint density at radius 3 is 2.70 bits per heavy atom. The summed E-state index contributed by atoms with van der Waals surface area (Å²) in [7, 11) is -3.29. The Kier molecular flexibility index (Phi) is 5.29. The molecule has 1 saturated carbocycles. The number of rotatable bonds is 8. The first-order valence-electron chi connectivity index (χ1n) is 6.96. The Labute approximate surface area is 126 Å². The highest BCUT2D eigenvalue weighted by molar-refractivity contribution is 7.92. The van der Waals surface area contributed by atoms with Crippen LogP contribution in [0.15, 0.2) is 18.2 Å². The van der Waals surface area contributed by atoms with Gasteiger partial charge in [-0.05, 0) is 56.8 Å². The van der Waals surface area contributed by atoms with Crippen molar-refractivity contribution >= 4 is 27.3 Å². The van der Waals surface area contributed by atoms with Crippen molar-refractivity contribution in [1.29, 1.82) is 0 Å². The van der Waals surface area contributed by atoms with Crippen LogP contribution in [0, 0.1) is 6.92 Å². The molecule has 0 atom stereocenters. The summed E-state index contributed by atoms with van der Waals surface area (Å²) in [5, 5.41) is 3.94. The molecule has 1 fully saturated rings. The van der Waals surface area contributed by atoms with Crippen molar-refractivity contribution in [2.45, 2.75) is 38.6 Å². The molecule has 0 aliphatic heterocycles. The summed E-state index contributed by atoms with van der Waals surface area (Å²) in [6, 6.07) is 5.86. The van der Waals surface area contributed by atoms with E-state index in [-0.39, 0.29) is 5.75 Å². The minimum Gasteiger partial charge on any atom is -0.314 e. The van der Waals surface area contributed by atoms with Gasteiger partial charge in [0, 0.05) is 16.8 Å². The molecule has 0 aromatic heterocycles. The van der Waals surface area contributed by atoms with Crippen molar-refractivity contribution in [2.24, 2.45) is 0 Å². The van der Waals surface area contributed by atoms with Gasteiger partial charge < -0.3 is 5.32 Å². The summed E-state index contributed by atoms with van der Waals surface area (Å²) < 4.78 is 26.4. The number of unbranched alkanes of at least 4 members (excludes halogenated alkanes) is 1. The first-order valence-corrected chi connectivity index (χ1v) is 8.99. The Hall–Kier alpha value is -0.780. The minimum absolute atomic E-state index is 0.144. The zero-order valence-corrected chi connectivity index (χ0v) is 13.2. The molecule has 4 nitrogen and oxygen atoms in total. The first kappa shape index (κ1) is 15.6. The largest absolute Gasteiger partial charge is 0.314 e. The van der Waals surface area contributed by atoms with E-state index in [2.05, 4.69) is 10.0 Å². The van der Waals surface area contributed by atoms with Crippen LogP contribution in [-0.4, -0.2) is 26.8 Å². The summed E-state index contributed by atoms with van der Waals surface area (Å²) in [5.41, 5.74) is 1.46. The van der Waals surface area contributed by atoms with Crippen molar-refractivity contribution in [3.63, 3.8) is 0 Å². The van der Waals surface area contributed by atoms with Crippen LogP contribution in [0.1, 0.15) is 31.2 Å². The summed E-state index contributed by atoms with van der Waals surface area (Å²) in [6.07, 6.45) is 4.06. The van der Waals surface area contributed by atoms with Crippen molar-refractivity contribution in [2.75, 3.05) is 17.0 Å². The van der Waals surface area contributed by atoms with Gasteiger partial charge in [0.2, 0.25) is 10.0 Å². The number of anilines is 1. The van der Waals surface area contributed by atoms with E-state index >= 15 is 0 Å². The molecular weight excluding hydrogens is 296 g/mol. The number of nitrogens with one attached hydrogen (secondary N) is 2. The highest BCUT2D eigenvalue weighted by atomic mass is 35.5. The molecule has 1 aliphatic rings. The summed E-state index contributed by atoms with van der Waals surface area (Å²) in [4.78, 5) is 0. The fourth-order valence-electron chi connectivity index (χ4n) is 1.90. The number of hydrogen-bond donors (Lipinski definition) is 2. The highest BCUT2D eigenvalue weighted by Crippen LogP contribution is 2.21. The molecule has 1 aliphatic carbocycles. The maximum atomic E-state index is 11.9. The molecule has 0 amide bonds. The molecule has 1 aromatic rings. The van der Waals surface area contributed by atoms with E-state index in [4.69, 9.17) is 11.6 Å². The summed E-state index contributed by atoms with van der Waals surface area (Å²) >= 11 is 5.98. The van der Waals surface area contributed by atoms with Crippen molar-refractivity contribution in [3.05, 3.63) is 28.8 Å². The van der Waals surface area contributed by atoms with Gasteiger partial charge >= 0.3 is 0 Å². The second kappa shape index (κ2) is 6.78. The van der Waals surface area contributed by atoms with Crippen molar-refractivity contribution in [1.82, 2.24) is 5.32 Å².